The fourth-order valence-corrected chi connectivity index (χ4v) is 7.66. The summed E-state index contributed by atoms with van der Waals surface area (Å²) in [5, 5.41) is 2.43. The van der Waals surface area contributed by atoms with Crippen LogP contribution in [0.5, 0.6) is 0 Å². The van der Waals surface area contributed by atoms with Crippen LogP contribution in [0.1, 0.15) is 26.3 Å². The van der Waals surface area contributed by atoms with E-state index in [0.717, 1.165) is 22.3 Å². The fourth-order valence-electron chi connectivity index (χ4n) is 7.66. The molecule has 56 heavy (non-hydrogen) atoms. The van der Waals surface area contributed by atoms with Gasteiger partial charge in [-0.1, -0.05) is 209 Å². The smallest absolute Gasteiger partial charge is 0.164 e. The molecule has 0 unspecified atom stereocenters. The average Bonchev–Trinajstić information content (AvgIpc) is 3.26. The van der Waals surface area contributed by atoms with E-state index in [0.29, 0.717) is 17.5 Å². The topological polar surface area (TPSA) is 38.7 Å². The van der Waals surface area contributed by atoms with E-state index in [1.807, 2.05) is 60.7 Å². The predicted octanol–water partition coefficient (Wildman–Crippen LogP) is 14.0. The maximum atomic E-state index is 4.95. The van der Waals surface area contributed by atoms with Gasteiger partial charge in [-0.05, 0) is 72.3 Å². The molecule has 0 spiro atoms. The molecule has 0 fully saturated rings. The Hall–Kier alpha value is -6.97. The molecule has 0 saturated heterocycles. The van der Waals surface area contributed by atoms with Crippen LogP contribution < -0.4 is 0 Å². The summed E-state index contributed by atoms with van der Waals surface area (Å²) < 4.78 is 0. The second kappa shape index (κ2) is 14.7. The largest absolute Gasteiger partial charge is 0.208 e. The van der Waals surface area contributed by atoms with E-state index in [1.54, 1.807) is 0 Å². The summed E-state index contributed by atoms with van der Waals surface area (Å²) in [6.07, 6.45) is 0. The summed E-state index contributed by atoms with van der Waals surface area (Å²) in [7, 11) is 0. The van der Waals surface area contributed by atoms with Gasteiger partial charge in [0, 0.05) is 16.7 Å². The van der Waals surface area contributed by atoms with Crippen molar-refractivity contribution in [1.82, 2.24) is 15.0 Å². The van der Waals surface area contributed by atoms with E-state index in [2.05, 4.69) is 154 Å². The first-order valence-corrected chi connectivity index (χ1v) is 19.2. The first-order chi connectivity index (χ1) is 27.4. The molecule has 0 amide bonds. The molecule has 1 heterocycles. The van der Waals surface area contributed by atoms with Crippen LogP contribution in [0.3, 0.4) is 0 Å². The van der Waals surface area contributed by atoms with Crippen LogP contribution in [0.25, 0.3) is 89.4 Å². The normalized spacial score (nSPS) is 11.5. The van der Waals surface area contributed by atoms with E-state index in [9.17, 15) is 0 Å². The van der Waals surface area contributed by atoms with Crippen molar-refractivity contribution in [2.45, 2.75) is 26.2 Å². The summed E-state index contributed by atoms with van der Waals surface area (Å²) >= 11 is 0. The first kappa shape index (κ1) is 34.8. The van der Waals surface area contributed by atoms with Crippen LogP contribution in [0, 0.1) is 0 Å². The quantitative estimate of drug-likeness (QED) is 0.165. The Morgan fingerprint density at radius 3 is 1.27 bits per heavy atom. The minimum Gasteiger partial charge on any atom is -0.208 e. The van der Waals surface area contributed by atoms with Crippen molar-refractivity contribution in [1.29, 1.82) is 0 Å². The lowest BCUT2D eigenvalue weighted by molar-refractivity contribution is 0.592. The number of fused-ring (bicyclic) bond motifs is 1. The van der Waals surface area contributed by atoms with Gasteiger partial charge in [0.05, 0.1) is 0 Å². The minimum absolute atomic E-state index is 0.0656. The predicted molar refractivity (Wildman–Crippen MR) is 234 cm³/mol. The van der Waals surface area contributed by atoms with Crippen LogP contribution >= 0.6 is 0 Å². The Morgan fingerprint density at radius 2 is 0.696 bits per heavy atom. The van der Waals surface area contributed by atoms with E-state index < -0.39 is 0 Å². The van der Waals surface area contributed by atoms with Gasteiger partial charge >= 0.3 is 0 Å². The molecular formula is C53H41N3. The van der Waals surface area contributed by atoms with Gasteiger partial charge in [-0.15, -0.1) is 0 Å². The molecule has 0 aliphatic rings. The summed E-state index contributed by atoms with van der Waals surface area (Å²) in [6.45, 7) is 6.83. The molecule has 0 aliphatic carbocycles. The lowest BCUT2D eigenvalue weighted by Gasteiger charge is -2.23. The molecule has 0 atom stereocenters. The molecule has 3 nitrogen and oxygen atoms in total. The number of hydrogen-bond acceptors (Lipinski definition) is 3. The molecule has 0 aliphatic heterocycles. The maximum absolute atomic E-state index is 4.95. The third-order valence-corrected chi connectivity index (χ3v) is 10.5. The van der Waals surface area contributed by atoms with Crippen LogP contribution in [-0.4, -0.2) is 15.0 Å². The molecule has 0 N–H and O–H groups in total. The highest BCUT2D eigenvalue weighted by Crippen LogP contribution is 2.39. The van der Waals surface area contributed by atoms with Gasteiger partial charge in [0.2, 0.25) is 0 Å². The Morgan fingerprint density at radius 1 is 0.304 bits per heavy atom. The Bertz CT molecular complexity index is 2740. The third kappa shape index (κ3) is 6.92. The highest BCUT2D eigenvalue weighted by molar-refractivity contribution is 6.06. The summed E-state index contributed by atoms with van der Waals surface area (Å²) in [6, 6.07) is 68.7. The SMILES string of the molecule is CC(C)(C)c1ccccc1-c1ccc(-c2cccc(-c3cccc4cccc(-c5ccc(-c6nc(-c7ccccc7)nc(-c7ccccc7)n6)cc5)c34)c2)cc1. The Balaban J connectivity index is 1.07. The number of hydrogen-bond donors (Lipinski definition) is 0. The monoisotopic (exact) mass is 719 g/mol. The zero-order chi connectivity index (χ0) is 38.1. The lowest BCUT2D eigenvalue weighted by Crippen LogP contribution is -2.12. The summed E-state index contributed by atoms with van der Waals surface area (Å²) in [5.41, 5.74) is 13.9. The number of aromatic nitrogens is 3. The standard InChI is InChI=1S/C53H41N3/c1-53(2,3)48-26-11-10-23-45(48)37-29-27-36(28-30-37)43-21-12-22-44(35-43)47-25-14-20-39-19-13-24-46(49(39)47)38-31-33-42(34-32-38)52-55-50(40-15-6-4-7-16-40)54-51(56-52)41-17-8-5-9-18-41/h4-35H,1-3H3. The van der Waals surface area contributed by atoms with Gasteiger partial charge in [-0.25, -0.2) is 15.0 Å². The second-order valence-electron chi connectivity index (χ2n) is 15.3. The van der Waals surface area contributed by atoms with Crippen molar-refractivity contribution in [2.75, 3.05) is 0 Å². The highest BCUT2D eigenvalue weighted by atomic mass is 15.0. The Labute approximate surface area is 329 Å². The van der Waals surface area contributed by atoms with E-state index in [1.165, 1.54) is 55.3 Å². The van der Waals surface area contributed by atoms with Crippen LogP contribution in [0.2, 0.25) is 0 Å². The van der Waals surface area contributed by atoms with Crippen LogP contribution in [0.4, 0.5) is 0 Å². The Kier molecular flexibility index (Phi) is 9.12. The van der Waals surface area contributed by atoms with Gasteiger partial charge in [0.1, 0.15) is 0 Å². The number of rotatable bonds is 7. The van der Waals surface area contributed by atoms with E-state index in [-0.39, 0.29) is 5.41 Å². The summed E-state index contributed by atoms with van der Waals surface area (Å²) in [4.78, 5) is 14.8. The third-order valence-electron chi connectivity index (χ3n) is 10.5. The molecule has 8 aromatic carbocycles. The molecule has 3 heteroatoms. The number of benzene rings is 8. The summed E-state index contributed by atoms with van der Waals surface area (Å²) in [5.74, 6) is 1.95. The zero-order valence-electron chi connectivity index (χ0n) is 31.8. The number of nitrogens with zero attached hydrogens (tertiary/aromatic N) is 3. The van der Waals surface area contributed by atoms with E-state index in [4.69, 9.17) is 15.0 Å². The molecule has 9 rings (SSSR count). The first-order valence-electron chi connectivity index (χ1n) is 19.2. The van der Waals surface area contributed by atoms with Crippen molar-refractivity contribution in [3.63, 3.8) is 0 Å². The van der Waals surface area contributed by atoms with Crippen molar-refractivity contribution in [2.24, 2.45) is 0 Å². The zero-order valence-corrected chi connectivity index (χ0v) is 31.8. The van der Waals surface area contributed by atoms with Crippen molar-refractivity contribution >= 4 is 10.8 Å². The van der Waals surface area contributed by atoms with Crippen molar-refractivity contribution < 1.29 is 0 Å². The molecule has 0 bridgehead atoms. The lowest BCUT2D eigenvalue weighted by atomic mass is 9.82. The molecule has 268 valence electrons. The second-order valence-corrected chi connectivity index (χ2v) is 15.3. The maximum Gasteiger partial charge on any atom is 0.164 e. The molecular weight excluding hydrogens is 679 g/mol. The van der Waals surface area contributed by atoms with Crippen LogP contribution in [-0.2, 0) is 5.41 Å². The van der Waals surface area contributed by atoms with E-state index >= 15 is 0 Å². The van der Waals surface area contributed by atoms with Crippen LogP contribution in [0.15, 0.2) is 194 Å². The average molecular weight is 720 g/mol. The van der Waals surface area contributed by atoms with Gasteiger partial charge in [-0.2, -0.15) is 0 Å². The fraction of sp³-hybridized carbons (Fsp3) is 0.0755. The van der Waals surface area contributed by atoms with Gasteiger partial charge in [0.15, 0.2) is 17.5 Å². The molecule has 1 aromatic heterocycles. The van der Waals surface area contributed by atoms with Crippen molar-refractivity contribution in [3.05, 3.63) is 200 Å². The molecule has 9 aromatic rings. The van der Waals surface area contributed by atoms with Gasteiger partial charge < -0.3 is 0 Å². The minimum atomic E-state index is 0.0656. The highest BCUT2D eigenvalue weighted by Gasteiger charge is 2.19. The van der Waals surface area contributed by atoms with Gasteiger partial charge in [-0.3, -0.25) is 0 Å². The van der Waals surface area contributed by atoms with Crippen molar-refractivity contribution in [3.8, 4) is 78.7 Å². The molecule has 0 saturated carbocycles. The van der Waals surface area contributed by atoms with Gasteiger partial charge in [0.25, 0.3) is 0 Å². The molecule has 0 radical (unpaired) electrons.